The summed E-state index contributed by atoms with van der Waals surface area (Å²) in [5, 5.41) is 6.12. The number of hydrogen-bond acceptors (Lipinski definition) is 5. The van der Waals surface area contributed by atoms with Gasteiger partial charge in [-0.1, -0.05) is 32.9 Å². The van der Waals surface area contributed by atoms with Crippen LogP contribution in [0.2, 0.25) is 0 Å². The molecule has 1 aliphatic heterocycles. The molecular formula is C23H23N3O3. The van der Waals surface area contributed by atoms with Crippen LogP contribution in [0.4, 0.5) is 17.1 Å². The molecule has 29 heavy (non-hydrogen) atoms. The summed E-state index contributed by atoms with van der Waals surface area (Å²) >= 11 is 0. The van der Waals surface area contributed by atoms with Crippen molar-refractivity contribution in [1.29, 1.82) is 0 Å². The number of amides is 1. The Morgan fingerprint density at radius 3 is 2.28 bits per heavy atom. The first-order chi connectivity index (χ1) is 13.9. The van der Waals surface area contributed by atoms with E-state index in [-0.39, 0.29) is 18.1 Å². The zero-order valence-corrected chi connectivity index (χ0v) is 16.7. The number of carbonyl (C=O) groups excluding carboxylic acids is 1. The Kier molecular flexibility index (Phi) is 4.84. The number of fused-ring (bicyclic) bond motifs is 1. The molecule has 0 bridgehead atoms. The van der Waals surface area contributed by atoms with Crippen molar-refractivity contribution in [3.8, 4) is 11.5 Å². The molecule has 2 N–H and O–H groups in total. The van der Waals surface area contributed by atoms with Crippen LogP contribution in [-0.4, -0.2) is 17.7 Å². The van der Waals surface area contributed by atoms with Crippen LogP contribution >= 0.6 is 0 Å². The van der Waals surface area contributed by atoms with Crippen molar-refractivity contribution in [2.75, 3.05) is 17.4 Å². The van der Waals surface area contributed by atoms with Gasteiger partial charge in [0.2, 0.25) is 6.79 Å². The number of pyridine rings is 1. The van der Waals surface area contributed by atoms with E-state index in [0.29, 0.717) is 22.9 Å². The number of ether oxygens (including phenoxy) is 2. The summed E-state index contributed by atoms with van der Waals surface area (Å²) in [5.74, 6) is 1.00. The van der Waals surface area contributed by atoms with Crippen LogP contribution in [0.5, 0.6) is 11.5 Å². The molecule has 2 aromatic carbocycles. The number of benzene rings is 2. The van der Waals surface area contributed by atoms with Gasteiger partial charge in [0.1, 0.15) is 5.69 Å². The van der Waals surface area contributed by atoms with Crippen molar-refractivity contribution >= 4 is 23.0 Å². The molecule has 0 spiro atoms. The number of nitrogens with one attached hydrogen (secondary N) is 2. The molecule has 0 aliphatic carbocycles. The number of hydrogen-bond donors (Lipinski definition) is 2. The maximum atomic E-state index is 12.4. The van der Waals surface area contributed by atoms with Gasteiger partial charge in [0.05, 0.1) is 11.9 Å². The van der Waals surface area contributed by atoms with E-state index in [9.17, 15) is 4.79 Å². The normalized spacial score (nSPS) is 12.5. The van der Waals surface area contributed by atoms with Crippen molar-refractivity contribution in [3.05, 3.63) is 72.1 Å². The lowest BCUT2D eigenvalue weighted by Crippen LogP contribution is -2.13. The van der Waals surface area contributed by atoms with Gasteiger partial charge in [-0.05, 0) is 47.4 Å². The molecule has 1 amide bonds. The summed E-state index contributed by atoms with van der Waals surface area (Å²) in [5.41, 5.74) is 4.13. The highest BCUT2D eigenvalue weighted by Crippen LogP contribution is 2.34. The van der Waals surface area contributed by atoms with E-state index in [1.165, 1.54) is 5.56 Å². The first-order valence-corrected chi connectivity index (χ1v) is 9.43. The summed E-state index contributed by atoms with van der Waals surface area (Å²) in [6.07, 6.45) is 1.65. The first-order valence-electron chi connectivity index (χ1n) is 9.43. The molecule has 0 atom stereocenters. The Morgan fingerprint density at radius 2 is 1.59 bits per heavy atom. The lowest BCUT2D eigenvalue weighted by atomic mass is 9.87. The molecule has 0 unspecified atom stereocenters. The highest BCUT2D eigenvalue weighted by atomic mass is 16.7. The third-order valence-corrected chi connectivity index (χ3v) is 4.67. The summed E-state index contributed by atoms with van der Waals surface area (Å²) in [6, 6.07) is 17.1. The molecule has 3 aromatic rings. The van der Waals surface area contributed by atoms with Crippen LogP contribution in [-0.2, 0) is 5.41 Å². The minimum atomic E-state index is -0.287. The Balaban J connectivity index is 1.40. The minimum absolute atomic E-state index is 0.118. The van der Waals surface area contributed by atoms with E-state index in [2.05, 4.69) is 48.5 Å². The van der Waals surface area contributed by atoms with Gasteiger partial charge in [-0.2, -0.15) is 0 Å². The lowest BCUT2D eigenvalue weighted by molar-refractivity contribution is 0.102. The summed E-state index contributed by atoms with van der Waals surface area (Å²) in [4.78, 5) is 16.7. The van der Waals surface area contributed by atoms with E-state index in [1.807, 2.05) is 18.2 Å². The molecule has 6 nitrogen and oxygen atoms in total. The van der Waals surface area contributed by atoms with Gasteiger partial charge in [-0.25, -0.2) is 4.98 Å². The van der Waals surface area contributed by atoms with Crippen LogP contribution in [0.15, 0.2) is 60.8 Å². The molecule has 1 aliphatic rings. The topological polar surface area (TPSA) is 72.5 Å². The first kappa shape index (κ1) is 18.8. The Bertz CT molecular complexity index is 1020. The highest BCUT2D eigenvalue weighted by molar-refractivity contribution is 6.03. The van der Waals surface area contributed by atoms with E-state index >= 15 is 0 Å². The van der Waals surface area contributed by atoms with Crippen molar-refractivity contribution in [3.63, 3.8) is 0 Å². The number of aromatic nitrogens is 1. The number of anilines is 3. The molecule has 148 valence electrons. The maximum absolute atomic E-state index is 12.4. The molecule has 6 heteroatoms. The molecular weight excluding hydrogens is 366 g/mol. The zero-order chi connectivity index (χ0) is 20.4. The standard InChI is InChI=1S/C23H23N3O3/c1-23(2,3)15-4-6-16(7-5-15)25-18-8-10-19(24-13-18)22(27)26-17-9-11-20-21(12-17)29-14-28-20/h4-13,25H,14H2,1-3H3,(H,26,27). The van der Waals surface area contributed by atoms with Gasteiger partial charge in [0.15, 0.2) is 11.5 Å². The van der Waals surface area contributed by atoms with Gasteiger partial charge in [0.25, 0.3) is 5.91 Å². The van der Waals surface area contributed by atoms with E-state index < -0.39 is 0 Å². The lowest BCUT2D eigenvalue weighted by Gasteiger charge is -2.19. The van der Waals surface area contributed by atoms with Crippen LogP contribution < -0.4 is 20.1 Å². The second kappa shape index (κ2) is 7.47. The van der Waals surface area contributed by atoms with Crippen molar-refractivity contribution < 1.29 is 14.3 Å². The summed E-state index contributed by atoms with van der Waals surface area (Å²) in [6.45, 7) is 6.76. The van der Waals surface area contributed by atoms with Crippen LogP contribution in [0, 0.1) is 0 Å². The van der Waals surface area contributed by atoms with Gasteiger partial charge >= 0.3 is 0 Å². The van der Waals surface area contributed by atoms with E-state index in [0.717, 1.165) is 11.4 Å². The predicted octanol–water partition coefficient (Wildman–Crippen LogP) is 5.10. The van der Waals surface area contributed by atoms with Gasteiger partial charge < -0.3 is 20.1 Å². The number of rotatable bonds is 4. The number of nitrogens with zero attached hydrogens (tertiary/aromatic N) is 1. The largest absolute Gasteiger partial charge is 0.454 e. The van der Waals surface area contributed by atoms with Crippen LogP contribution in [0.3, 0.4) is 0 Å². The number of carbonyl (C=O) groups is 1. The Morgan fingerprint density at radius 1 is 0.897 bits per heavy atom. The van der Waals surface area contributed by atoms with Crippen molar-refractivity contribution in [2.24, 2.45) is 0 Å². The molecule has 0 radical (unpaired) electrons. The fraction of sp³-hybridized carbons (Fsp3) is 0.217. The molecule has 1 aromatic heterocycles. The second-order valence-electron chi connectivity index (χ2n) is 7.91. The maximum Gasteiger partial charge on any atom is 0.274 e. The van der Waals surface area contributed by atoms with Crippen LogP contribution in [0.1, 0.15) is 36.8 Å². The SMILES string of the molecule is CC(C)(C)c1ccc(Nc2ccc(C(=O)Nc3ccc4c(c3)OCO4)nc2)cc1. The summed E-state index contributed by atoms with van der Waals surface area (Å²) < 4.78 is 10.6. The van der Waals surface area contributed by atoms with Crippen molar-refractivity contribution in [2.45, 2.75) is 26.2 Å². The van der Waals surface area contributed by atoms with E-state index in [4.69, 9.17) is 9.47 Å². The molecule has 4 rings (SSSR count). The third kappa shape index (κ3) is 4.32. The van der Waals surface area contributed by atoms with Gasteiger partial charge in [-0.15, -0.1) is 0 Å². The average molecular weight is 389 g/mol. The Labute approximate surface area is 169 Å². The predicted molar refractivity (Wildman–Crippen MR) is 113 cm³/mol. The third-order valence-electron chi connectivity index (χ3n) is 4.67. The zero-order valence-electron chi connectivity index (χ0n) is 16.7. The molecule has 0 saturated heterocycles. The highest BCUT2D eigenvalue weighted by Gasteiger charge is 2.15. The van der Waals surface area contributed by atoms with Crippen molar-refractivity contribution in [1.82, 2.24) is 4.98 Å². The molecule has 0 saturated carbocycles. The smallest absolute Gasteiger partial charge is 0.274 e. The van der Waals surface area contributed by atoms with Crippen LogP contribution in [0.25, 0.3) is 0 Å². The quantitative estimate of drug-likeness (QED) is 0.649. The van der Waals surface area contributed by atoms with E-state index in [1.54, 1.807) is 30.5 Å². The molecule has 2 heterocycles. The monoisotopic (exact) mass is 389 g/mol. The Hall–Kier alpha value is -3.54. The average Bonchev–Trinajstić information content (AvgIpc) is 3.16. The van der Waals surface area contributed by atoms with Gasteiger partial charge in [-0.3, -0.25) is 4.79 Å². The molecule has 0 fully saturated rings. The fourth-order valence-corrected chi connectivity index (χ4v) is 2.99. The fourth-order valence-electron chi connectivity index (χ4n) is 2.99. The second-order valence-corrected chi connectivity index (χ2v) is 7.91. The van der Waals surface area contributed by atoms with Gasteiger partial charge in [0, 0.05) is 17.4 Å². The minimum Gasteiger partial charge on any atom is -0.454 e. The summed E-state index contributed by atoms with van der Waals surface area (Å²) in [7, 11) is 0.